The lowest BCUT2D eigenvalue weighted by molar-refractivity contribution is -0.0612. The fraction of sp³-hybridized carbons (Fsp3) is 0.550. The summed E-state index contributed by atoms with van der Waals surface area (Å²) in [5.74, 6) is 1.32. The maximum absolute atomic E-state index is 10.9. The van der Waals surface area contributed by atoms with Crippen molar-refractivity contribution in [2.24, 2.45) is 5.14 Å². The van der Waals surface area contributed by atoms with E-state index < -0.39 is 34.7 Å². The van der Waals surface area contributed by atoms with E-state index in [1.54, 1.807) is 12.4 Å². The van der Waals surface area contributed by atoms with E-state index in [1.807, 2.05) is 12.1 Å². The molecular weight excluding hydrogens is 512 g/mol. The maximum Gasteiger partial charge on any atom is 0.333 e. The van der Waals surface area contributed by atoms with Crippen LogP contribution < -0.4 is 10.5 Å². The summed E-state index contributed by atoms with van der Waals surface area (Å²) in [6.45, 7) is 2.09. The van der Waals surface area contributed by atoms with Crippen LogP contribution in [0.1, 0.15) is 31.4 Å². The number of fused-ring (bicyclic) bond motifs is 1. The third-order valence-electron chi connectivity index (χ3n) is 5.52. The van der Waals surface area contributed by atoms with E-state index in [2.05, 4.69) is 41.7 Å². The van der Waals surface area contributed by atoms with Gasteiger partial charge < -0.3 is 20.3 Å². The van der Waals surface area contributed by atoms with Crippen LogP contribution >= 0.6 is 11.8 Å². The van der Waals surface area contributed by atoms with Crippen LogP contribution in [0.4, 0.5) is 5.82 Å². The van der Waals surface area contributed by atoms with Crippen LogP contribution in [0.2, 0.25) is 0 Å². The molecule has 1 saturated carbocycles. The lowest BCUT2D eigenvalue weighted by Gasteiger charge is -2.17. The minimum Gasteiger partial charge on any atom is -0.388 e. The van der Waals surface area contributed by atoms with Crippen LogP contribution in [-0.2, 0) is 25.8 Å². The summed E-state index contributed by atoms with van der Waals surface area (Å²) in [7, 11) is -4.09. The number of aliphatic hydroxyl groups is 2. The quantitative estimate of drug-likeness (QED) is 0.136. The molecule has 3 aromatic rings. The fourth-order valence-corrected chi connectivity index (χ4v) is 4.82. The minimum absolute atomic E-state index is 0.140. The minimum atomic E-state index is -4.09. The zero-order chi connectivity index (χ0) is 25.7. The van der Waals surface area contributed by atoms with Crippen LogP contribution in [-0.4, -0.2) is 85.9 Å². The van der Waals surface area contributed by atoms with Crippen molar-refractivity contribution in [3.63, 3.8) is 0 Å². The first-order valence-corrected chi connectivity index (χ1v) is 13.8. The van der Waals surface area contributed by atoms with Gasteiger partial charge in [0.05, 0.1) is 25.4 Å². The number of nitrogens with two attached hydrogens (primary N) is 1. The van der Waals surface area contributed by atoms with Crippen molar-refractivity contribution in [3.8, 4) is 0 Å². The standard InChI is InChI=1S/C20H28N8O6S2/c1-2-9-35-20-24-18(23-11-12-3-5-22-6-4-12)15-19(25-20)28(27-26-15)13-10-14(17(30)16(13)29)33-7-8-34-36(21,31)32/h3-6,13-14,16-17,29-30H,2,7-11H2,1H3,(H2,21,31,32)(H,23,24,25)/t13-,14+,16+,17-/m0/s1. The zero-order valence-electron chi connectivity index (χ0n) is 19.5. The lowest BCUT2D eigenvalue weighted by atomic mass is 10.2. The molecule has 0 spiro atoms. The van der Waals surface area contributed by atoms with Crippen molar-refractivity contribution < 1.29 is 27.6 Å². The number of nitrogens with one attached hydrogen (secondary N) is 1. The van der Waals surface area contributed by atoms with Crippen molar-refractivity contribution in [2.75, 3.05) is 24.3 Å². The number of pyridine rings is 1. The van der Waals surface area contributed by atoms with Gasteiger partial charge in [0, 0.05) is 31.1 Å². The Hall–Kier alpha value is -2.47. The Morgan fingerprint density at radius 3 is 2.72 bits per heavy atom. The van der Waals surface area contributed by atoms with Gasteiger partial charge in [-0.2, -0.15) is 8.42 Å². The molecule has 4 atom stereocenters. The molecule has 1 aliphatic rings. The first-order valence-electron chi connectivity index (χ1n) is 11.3. The third-order valence-corrected chi connectivity index (χ3v) is 7.07. The molecule has 0 amide bonds. The smallest absolute Gasteiger partial charge is 0.333 e. The molecule has 14 nitrogen and oxygen atoms in total. The Balaban J connectivity index is 1.55. The van der Waals surface area contributed by atoms with Crippen molar-refractivity contribution >= 4 is 39.0 Å². The monoisotopic (exact) mass is 540 g/mol. The molecule has 36 heavy (non-hydrogen) atoms. The van der Waals surface area contributed by atoms with Crippen molar-refractivity contribution in [2.45, 2.75) is 55.8 Å². The molecule has 196 valence electrons. The number of thioether (sulfide) groups is 1. The molecular formula is C20H28N8O6S2. The molecule has 1 fully saturated rings. The largest absolute Gasteiger partial charge is 0.388 e. The van der Waals surface area contributed by atoms with E-state index in [9.17, 15) is 18.6 Å². The van der Waals surface area contributed by atoms with Crippen LogP contribution in [0.3, 0.4) is 0 Å². The van der Waals surface area contributed by atoms with E-state index in [4.69, 9.17) is 9.88 Å². The molecule has 0 bridgehead atoms. The van der Waals surface area contributed by atoms with Gasteiger partial charge in [0.1, 0.15) is 12.2 Å². The number of aromatic nitrogens is 6. The molecule has 0 aromatic carbocycles. The Morgan fingerprint density at radius 1 is 1.22 bits per heavy atom. The van der Waals surface area contributed by atoms with Crippen LogP contribution in [0.25, 0.3) is 11.2 Å². The number of nitrogens with zero attached hydrogens (tertiary/aromatic N) is 6. The van der Waals surface area contributed by atoms with Crippen LogP contribution in [0.5, 0.6) is 0 Å². The van der Waals surface area contributed by atoms with E-state index in [1.165, 1.54) is 16.4 Å². The van der Waals surface area contributed by atoms with E-state index in [0.717, 1.165) is 17.7 Å². The lowest BCUT2D eigenvalue weighted by Crippen LogP contribution is -2.33. The fourth-order valence-electron chi connectivity index (χ4n) is 3.83. The van der Waals surface area contributed by atoms with Gasteiger partial charge in [-0.1, -0.05) is 23.9 Å². The molecule has 3 aromatic heterocycles. The first kappa shape index (κ1) is 26.6. The molecule has 16 heteroatoms. The van der Waals surface area contributed by atoms with Gasteiger partial charge in [0.15, 0.2) is 22.1 Å². The number of aliphatic hydroxyl groups excluding tert-OH is 2. The van der Waals surface area contributed by atoms with Gasteiger partial charge in [-0.25, -0.2) is 19.8 Å². The topological polar surface area (TPSA) is 200 Å². The van der Waals surface area contributed by atoms with E-state index >= 15 is 0 Å². The number of ether oxygens (including phenoxy) is 1. The van der Waals surface area contributed by atoms with Gasteiger partial charge in [-0.3, -0.25) is 9.17 Å². The highest BCUT2D eigenvalue weighted by Crippen LogP contribution is 2.35. The summed E-state index contributed by atoms with van der Waals surface area (Å²) in [5, 5.41) is 38.3. The summed E-state index contributed by atoms with van der Waals surface area (Å²) in [6, 6.07) is 3.10. The molecule has 3 heterocycles. The van der Waals surface area contributed by atoms with Crippen molar-refractivity contribution in [3.05, 3.63) is 30.1 Å². The van der Waals surface area contributed by atoms with Crippen LogP contribution in [0.15, 0.2) is 29.7 Å². The zero-order valence-corrected chi connectivity index (χ0v) is 21.1. The highest BCUT2D eigenvalue weighted by Gasteiger charge is 2.44. The van der Waals surface area contributed by atoms with Gasteiger partial charge in [-0.05, 0) is 24.1 Å². The van der Waals surface area contributed by atoms with Crippen molar-refractivity contribution in [1.29, 1.82) is 0 Å². The SMILES string of the molecule is CCCSc1nc(NCc2ccncc2)c2nnn([C@H]3C[C@@H](OCCOS(N)(=O)=O)[C@H](O)[C@@H]3O)c2n1. The third kappa shape index (κ3) is 6.44. The van der Waals surface area contributed by atoms with Gasteiger partial charge in [-0.15, -0.1) is 5.10 Å². The second-order valence-electron chi connectivity index (χ2n) is 8.13. The number of hydrogen-bond acceptors (Lipinski definition) is 13. The molecule has 0 saturated heterocycles. The summed E-state index contributed by atoms with van der Waals surface area (Å²) >= 11 is 1.49. The number of rotatable bonds is 12. The summed E-state index contributed by atoms with van der Waals surface area (Å²) < 4.78 is 33.2. The first-order chi connectivity index (χ1) is 17.3. The predicted octanol–water partition coefficient (Wildman–Crippen LogP) is 0.00240. The summed E-state index contributed by atoms with van der Waals surface area (Å²) in [6.07, 6.45) is 1.31. The second-order valence-corrected chi connectivity index (χ2v) is 10.4. The Morgan fingerprint density at radius 2 is 2.00 bits per heavy atom. The van der Waals surface area contributed by atoms with E-state index in [-0.39, 0.29) is 19.6 Å². The van der Waals surface area contributed by atoms with E-state index in [0.29, 0.717) is 28.7 Å². The van der Waals surface area contributed by atoms with Crippen LogP contribution in [0, 0.1) is 0 Å². The molecule has 0 aliphatic heterocycles. The van der Waals surface area contributed by atoms with Gasteiger partial charge in [0.25, 0.3) is 0 Å². The van der Waals surface area contributed by atoms with Gasteiger partial charge >= 0.3 is 10.3 Å². The predicted molar refractivity (Wildman–Crippen MR) is 130 cm³/mol. The number of hydrogen-bond donors (Lipinski definition) is 4. The average Bonchev–Trinajstić information content (AvgIpc) is 3.40. The Labute approximate surface area is 211 Å². The average molecular weight is 541 g/mol. The maximum atomic E-state index is 10.9. The molecule has 0 radical (unpaired) electrons. The Bertz CT molecular complexity index is 1260. The summed E-state index contributed by atoms with van der Waals surface area (Å²) in [4.78, 5) is 13.3. The molecule has 1 aliphatic carbocycles. The molecule has 5 N–H and O–H groups in total. The highest BCUT2D eigenvalue weighted by molar-refractivity contribution is 7.99. The number of anilines is 1. The molecule has 0 unspecified atom stereocenters. The molecule has 4 rings (SSSR count). The summed E-state index contributed by atoms with van der Waals surface area (Å²) in [5.41, 5.74) is 1.85. The highest BCUT2D eigenvalue weighted by atomic mass is 32.2. The second kappa shape index (κ2) is 11.7. The van der Waals surface area contributed by atoms with Gasteiger partial charge in [0.2, 0.25) is 0 Å². The van der Waals surface area contributed by atoms with Crippen molar-refractivity contribution in [1.82, 2.24) is 29.9 Å². The Kier molecular flexibility index (Phi) is 8.66. The normalized spacial score (nSPS) is 22.3.